The summed E-state index contributed by atoms with van der Waals surface area (Å²) in [5.74, 6) is 0. The molecular formula is C5H9IN2S. The summed E-state index contributed by atoms with van der Waals surface area (Å²) >= 11 is 7.09. The van der Waals surface area contributed by atoms with Crippen molar-refractivity contribution in [2.24, 2.45) is 0 Å². The molecule has 0 radical (unpaired) electrons. The van der Waals surface area contributed by atoms with E-state index >= 15 is 0 Å². The molecule has 0 atom stereocenters. The molecule has 4 heteroatoms. The van der Waals surface area contributed by atoms with Crippen molar-refractivity contribution in [2.45, 2.75) is 12.8 Å². The SMILES string of the molecule is S=C(NI)N1CCCC1. The molecular weight excluding hydrogens is 247 g/mol. The van der Waals surface area contributed by atoms with Crippen LogP contribution in [0, 0.1) is 0 Å². The van der Waals surface area contributed by atoms with Crippen molar-refractivity contribution >= 4 is 40.2 Å². The van der Waals surface area contributed by atoms with Crippen molar-refractivity contribution in [3.8, 4) is 0 Å². The highest BCUT2D eigenvalue weighted by molar-refractivity contribution is 14.1. The van der Waals surface area contributed by atoms with Gasteiger partial charge in [-0.05, 0) is 25.1 Å². The predicted octanol–water partition coefficient (Wildman–Crippen LogP) is 1.31. The Morgan fingerprint density at radius 3 is 2.44 bits per heavy atom. The molecule has 0 aromatic heterocycles. The monoisotopic (exact) mass is 256 g/mol. The van der Waals surface area contributed by atoms with E-state index in [2.05, 4.69) is 31.3 Å². The van der Waals surface area contributed by atoms with Crippen LogP contribution in [0.4, 0.5) is 0 Å². The first-order chi connectivity index (χ1) is 4.34. The fourth-order valence-corrected chi connectivity index (χ4v) is 1.50. The highest BCUT2D eigenvalue weighted by Crippen LogP contribution is 2.07. The molecule has 0 aromatic carbocycles. The lowest BCUT2D eigenvalue weighted by Crippen LogP contribution is -2.32. The predicted molar refractivity (Wildman–Crippen MR) is 50.6 cm³/mol. The van der Waals surface area contributed by atoms with Gasteiger partial charge in [0.2, 0.25) is 0 Å². The van der Waals surface area contributed by atoms with E-state index in [9.17, 15) is 0 Å². The van der Waals surface area contributed by atoms with Gasteiger partial charge in [-0.3, -0.25) is 0 Å². The molecule has 2 nitrogen and oxygen atoms in total. The summed E-state index contributed by atoms with van der Waals surface area (Å²) in [6.07, 6.45) is 2.58. The maximum atomic E-state index is 5.02. The van der Waals surface area contributed by atoms with E-state index in [4.69, 9.17) is 12.2 Å². The Balaban J connectivity index is 2.32. The summed E-state index contributed by atoms with van der Waals surface area (Å²) in [6, 6.07) is 0. The van der Waals surface area contributed by atoms with Gasteiger partial charge in [0.25, 0.3) is 0 Å². The van der Waals surface area contributed by atoms with Gasteiger partial charge < -0.3 is 8.43 Å². The smallest absolute Gasteiger partial charge is 0.177 e. The van der Waals surface area contributed by atoms with Crippen molar-refractivity contribution in [1.82, 2.24) is 8.43 Å². The molecule has 0 bridgehead atoms. The van der Waals surface area contributed by atoms with Gasteiger partial charge in [0.05, 0.1) is 22.9 Å². The summed E-state index contributed by atoms with van der Waals surface area (Å²) in [7, 11) is 0. The van der Waals surface area contributed by atoms with Crippen LogP contribution in [0.3, 0.4) is 0 Å². The second-order valence-electron chi connectivity index (χ2n) is 2.09. The zero-order valence-corrected chi connectivity index (χ0v) is 8.04. The van der Waals surface area contributed by atoms with Gasteiger partial charge in [-0.1, -0.05) is 0 Å². The van der Waals surface area contributed by atoms with Crippen LogP contribution in [0.2, 0.25) is 0 Å². The van der Waals surface area contributed by atoms with E-state index < -0.39 is 0 Å². The quantitative estimate of drug-likeness (QED) is 0.399. The fraction of sp³-hybridized carbons (Fsp3) is 0.800. The van der Waals surface area contributed by atoms with Crippen molar-refractivity contribution in [3.05, 3.63) is 0 Å². The summed E-state index contributed by atoms with van der Waals surface area (Å²) in [5, 5.41) is 0.883. The van der Waals surface area contributed by atoms with Gasteiger partial charge in [0.15, 0.2) is 5.11 Å². The van der Waals surface area contributed by atoms with Gasteiger partial charge in [-0.2, -0.15) is 0 Å². The molecule has 0 aromatic rings. The zero-order chi connectivity index (χ0) is 6.69. The largest absolute Gasteiger partial charge is 0.349 e. The standard InChI is InChI=1S/C5H9IN2S/c6-7-5(9)8-3-1-2-4-8/h1-4H2,(H,7,9). The highest BCUT2D eigenvalue weighted by atomic mass is 127. The van der Waals surface area contributed by atoms with E-state index in [1.165, 1.54) is 12.8 Å². The number of thiocarbonyl (C=S) groups is 1. The van der Waals surface area contributed by atoms with Crippen LogP contribution in [-0.2, 0) is 0 Å². The first-order valence-corrected chi connectivity index (χ1v) is 4.49. The number of nitrogens with zero attached hydrogens (tertiary/aromatic N) is 1. The Morgan fingerprint density at radius 1 is 1.44 bits per heavy atom. The molecule has 0 unspecified atom stereocenters. The molecule has 0 spiro atoms. The van der Waals surface area contributed by atoms with Gasteiger partial charge >= 0.3 is 0 Å². The lowest BCUT2D eigenvalue weighted by Gasteiger charge is -2.15. The topological polar surface area (TPSA) is 15.3 Å². The van der Waals surface area contributed by atoms with Crippen LogP contribution in [-0.4, -0.2) is 23.1 Å². The number of rotatable bonds is 0. The fourth-order valence-electron chi connectivity index (χ4n) is 0.980. The second kappa shape index (κ2) is 3.55. The van der Waals surface area contributed by atoms with Gasteiger partial charge in [-0.25, -0.2) is 0 Å². The summed E-state index contributed by atoms with van der Waals surface area (Å²) in [6.45, 7) is 2.27. The van der Waals surface area contributed by atoms with E-state index in [0.29, 0.717) is 0 Å². The highest BCUT2D eigenvalue weighted by Gasteiger charge is 2.12. The average molecular weight is 256 g/mol. The van der Waals surface area contributed by atoms with E-state index in [1.807, 2.05) is 0 Å². The van der Waals surface area contributed by atoms with E-state index in [0.717, 1.165) is 18.2 Å². The minimum atomic E-state index is 0.883. The third kappa shape index (κ3) is 1.93. The maximum absolute atomic E-state index is 5.02. The molecule has 0 aliphatic carbocycles. The molecule has 1 saturated heterocycles. The molecule has 9 heavy (non-hydrogen) atoms. The van der Waals surface area contributed by atoms with Crippen molar-refractivity contribution in [1.29, 1.82) is 0 Å². The van der Waals surface area contributed by atoms with Crippen LogP contribution in [0.1, 0.15) is 12.8 Å². The molecule has 0 amide bonds. The minimum Gasteiger partial charge on any atom is -0.349 e. The lowest BCUT2D eigenvalue weighted by molar-refractivity contribution is 0.521. The molecule has 1 fully saturated rings. The second-order valence-corrected chi connectivity index (χ2v) is 3.02. The van der Waals surface area contributed by atoms with E-state index in [-0.39, 0.29) is 0 Å². The number of hydrogen-bond acceptors (Lipinski definition) is 1. The number of nitrogens with one attached hydrogen (secondary N) is 1. The van der Waals surface area contributed by atoms with E-state index in [1.54, 1.807) is 0 Å². The van der Waals surface area contributed by atoms with Gasteiger partial charge in [0.1, 0.15) is 0 Å². The summed E-state index contributed by atoms with van der Waals surface area (Å²) < 4.78 is 2.93. The minimum absolute atomic E-state index is 0.883. The molecule has 1 N–H and O–H groups in total. The van der Waals surface area contributed by atoms with Crippen LogP contribution in [0.15, 0.2) is 0 Å². The Hall–Kier alpha value is 0.420. The number of hydrogen-bond donors (Lipinski definition) is 1. The lowest BCUT2D eigenvalue weighted by atomic mass is 10.4. The van der Waals surface area contributed by atoms with Crippen LogP contribution < -0.4 is 3.53 Å². The van der Waals surface area contributed by atoms with Crippen molar-refractivity contribution in [3.63, 3.8) is 0 Å². The number of likely N-dealkylation sites (tertiary alicyclic amines) is 1. The van der Waals surface area contributed by atoms with Gasteiger partial charge in [0, 0.05) is 13.1 Å². The Morgan fingerprint density at radius 2 is 2.00 bits per heavy atom. The normalized spacial score (nSPS) is 18.1. The van der Waals surface area contributed by atoms with Crippen LogP contribution >= 0.6 is 35.1 Å². The number of halogens is 1. The Kier molecular flexibility index (Phi) is 2.97. The maximum Gasteiger partial charge on any atom is 0.177 e. The summed E-state index contributed by atoms with van der Waals surface area (Å²) in [5.41, 5.74) is 0. The molecule has 1 heterocycles. The third-order valence-corrected chi connectivity index (χ3v) is 2.71. The molecule has 1 aliphatic heterocycles. The molecule has 1 rings (SSSR count). The molecule has 52 valence electrons. The average Bonchev–Trinajstić information content (AvgIpc) is 2.37. The first kappa shape index (κ1) is 7.53. The summed E-state index contributed by atoms with van der Waals surface area (Å²) in [4.78, 5) is 2.20. The third-order valence-electron chi connectivity index (χ3n) is 1.47. The Labute approximate surface area is 74.5 Å². The van der Waals surface area contributed by atoms with Crippen LogP contribution in [0.25, 0.3) is 0 Å². The van der Waals surface area contributed by atoms with Crippen LogP contribution in [0.5, 0.6) is 0 Å². The first-order valence-electron chi connectivity index (χ1n) is 3.00. The zero-order valence-electron chi connectivity index (χ0n) is 5.06. The molecule has 0 saturated carbocycles. The Bertz CT molecular complexity index is 112. The van der Waals surface area contributed by atoms with Gasteiger partial charge in [-0.15, -0.1) is 0 Å². The molecule has 1 aliphatic rings. The van der Waals surface area contributed by atoms with Crippen molar-refractivity contribution < 1.29 is 0 Å². The van der Waals surface area contributed by atoms with Crippen molar-refractivity contribution in [2.75, 3.05) is 13.1 Å².